The normalized spacial score (nSPS) is 18.7. The molecule has 180 valence electrons. The highest BCUT2D eigenvalue weighted by Crippen LogP contribution is 2.39. The number of rotatable bonds is 5. The third-order valence-corrected chi connectivity index (χ3v) is 6.64. The topological polar surface area (TPSA) is 9.23 Å². The number of hydrogen-bond acceptors (Lipinski definition) is 1. The van der Waals surface area contributed by atoms with Crippen LogP contribution in [0.5, 0.6) is 5.75 Å². The van der Waals surface area contributed by atoms with Crippen molar-refractivity contribution < 1.29 is 31.1 Å². The molecule has 1 nitrogen and oxygen atoms in total. The van der Waals surface area contributed by atoms with Crippen LogP contribution in [-0.4, -0.2) is 0 Å². The van der Waals surface area contributed by atoms with Gasteiger partial charge in [-0.3, -0.25) is 0 Å². The van der Waals surface area contributed by atoms with Gasteiger partial charge in [0, 0.05) is 5.56 Å². The van der Waals surface area contributed by atoms with Gasteiger partial charge in [-0.25, -0.2) is 17.6 Å². The third-order valence-electron chi connectivity index (χ3n) is 6.28. The van der Waals surface area contributed by atoms with E-state index in [1.807, 2.05) is 0 Å². The molecule has 1 saturated carbocycles. The molecule has 3 aromatic rings. The lowest BCUT2D eigenvalue weighted by Crippen LogP contribution is -2.23. The Morgan fingerprint density at radius 3 is 2.03 bits per heavy atom. The van der Waals surface area contributed by atoms with Crippen LogP contribution in [0, 0.1) is 29.2 Å². The fourth-order valence-electron chi connectivity index (χ4n) is 4.29. The van der Waals surface area contributed by atoms with Gasteiger partial charge < -0.3 is 4.74 Å². The maximum atomic E-state index is 14.7. The monoisotopic (exact) mass is 498 g/mol. The second kappa shape index (κ2) is 9.53. The van der Waals surface area contributed by atoms with Crippen molar-refractivity contribution in [1.29, 1.82) is 0 Å². The minimum atomic E-state index is -4.06. The lowest BCUT2D eigenvalue weighted by Gasteiger charge is -2.27. The second-order valence-corrected chi connectivity index (χ2v) is 9.09. The molecule has 0 atom stereocenters. The molecular formula is C26H21ClF6O. The van der Waals surface area contributed by atoms with Crippen molar-refractivity contribution in [1.82, 2.24) is 0 Å². The van der Waals surface area contributed by atoms with Gasteiger partial charge in [-0.1, -0.05) is 43.5 Å². The number of ether oxygens (including phenoxy) is 1. The molecule has 0 aliphatic heterocycles. The van der Waals surface area contributed by atoms with Gasteiger partial charge in [0.1, 0.15) is 22.5 Å². The molecule has 0 N–H and O–H groups in total. The Morgan fingerprint density at radius 2 is 1.44 bits per heavy atom. The van der Waals surface area contributed by atoms with Crippen LogP contribution >= 0.6 is 11.6 Å². The van der Waals surface area contributed by atoms with Crippen molar-refractivity contribution >= 4 is 11.6 Å². The molecule has 1 aliphatic carbocycles. The summed E-state index contributed by atoms with van der Waals surface area (Å²) < 4.78 is 90.6. The maximum Gasteiger partial charge on any atom is 0.426 e. The first kappa shape index (κ1) is 24.5. The standard InChI is InChI=1S/C26H21ClF6O/c1-14-2-4-15(5-3-14)16-6-9-24(21(29)10-16)34-26(32,33)18-7-8-19(20(28)13-18)17-11-22(30)25(27)23(31)12-17/h6-15H,2-5H2,1H3. The van der Waals surface area contributed by atoms with Crippen LogP contribution in [0.15, 0.2) is 48.5 Å². The van der Waals surface area contributed by atoms with E-state index < -0.39 is 45.7 Å². The first-order valence-corrected chi connectivity index (χ1v) is 11.2. The third kappa shape index (κ3) is 5.04. The Balaban J connectivity index is 1.55. The summed E-state index contributed by atoms with van der Waals surface area (Å²) in [6, 6.07) is 7.79. The molecule has 0 amide bonds. The average Bonchev–Trinajstić information content (AvgIpc) is 2.79. The van der Waals surface area contributed by atoms with Crippen molar-refractivity contribution in [3.8, 4) is 16.9 Å². The molecule has 0 bridgehead atoms. The number of hydrogen-bond donors (Lipinski definition) is 0. The van der Waals surface area contributed by atoms with Gasteiger partial charge in [-0.05, 0) is 72.2 Å². The van der Waals surface area contributed by atoms with Crippen LogP contribution in [0.4, 0.5) is 26.3 Å². The van der Waals surface area contributed by atoms with E-state index in [0.29, 0.717) is 12.0 Å². The van der Waals surface area contributed by atoms with Gasteiger partial charge in [-0.2, -0.15) is 8.78 Å². The number of halogens is 7. The summed E-state index contributed by atoms with van der Waals surface area (Å²) in [6.07, 6.45) is -0.189. The first-order valence-electron chi connectivity index (χ1n) is 10.9. The molecule has 3 aromatic carbocycles. The molecule has 0 spiro atoms. The van der Waals surface area contributed by atoms with Gasteiger partial charge >= 0.3 is 6.11 Å². The van der Waals surface area contributed by atoms with Crippen LogP contribution in [-0.2, 0) is 6.11 Å². The number of alkyl halides is 2. The van der Waals surface area contributed by atoms with E-state index in [1.165, 1.54) is 6.07 Å². The molecule has 0 aromatic heterocycles. The Labute approximate surface area is 198 Å². The summed E-state index contributed by atoms with van der Waals surface area (Å²) in [7, 11) is 0. The Hall–Kier alpha value is -2.67. The second-order valence-electron chi connectivity index (χ2n) is 8.71. The van der Waals surface area contributed by atoms with Gasteiger partial charge in [0.25, 0.3) is 0 Å². The van der Waals surface area contributed by atoms with Crippen molar-refractivity contribution in [2.75, 3.05) is 0 Å². The number of benzene rings is 3. The van der Waals surface area contributed by atoms with Gasteiger partial charge in [-0.15, -0.1) is 0 Å². The Bertz CT molecular complexity index is 1180. The van der Waals surface area contributed by atoms with E-state index >= 15 is 0 Å². The lowest BCUT2D eigenvalue weighted by molar-refractivity contribution is -0.187. The zero-order valence-corrected chi connectivity index (χ0v) is 18.9. The predicted molar refractivity (Wildman–Crippen MR) is 118 cm³/mol. The fourth-order valence-corrected chi connectivity index (χ4v) is 4.39. The smallest absolute Gasteiger partial charge is 0.426 e. The van der Waals surface area contributed by atoms with Crippen LogP contribution in [0.1, 0.15) is 49.7 Å². The molecule has 4 rings (SSSR count). The Kier molecular flexibility index (Phi) is 6.85. The highest BCUT2D eigenvalue weighted by atomic mass is 35.5. The van der Waals surface area contributed by atoms with Crippen LogP contribution in [0.25, 0.3) is 11.1 Å². The van der Waals surface area contributed by atoms with Crippen molar-refractivity contribution in [3.63, 3.8) is 0 Å². The summed E-state index contributed by atoms with van der Waals surface area (Å²) in [6.45, 7) is 2.16. The summed E-state index contributed by atoms with van der Waals surface area (Å²) in [5, 5.41) is -0.758. The zero-order valence-electron chi connectivity index (χ0n) is 18.2. The maximum absolute atomic E-state index is 14.7. The van der Waals surface area contributed by atoms with Crippen LogP contribution in [0.2, 0.25) is 5.02 Å². The highest BCUT2D eigenvalue weighted by Gasteiger charge is 2.36. The predicted octanol–water partition coefficient (Wildman–Crippen LogP) is 8.99. The van der Waals surface area contributed by atoms with Gasteiger partial charge in [0.2, 0.25) is 0 Å². The molecule has 0 radical (unpaired) electrons. The van der Waals surface area contributed by atoms with Crippen molar-refractivity contribution in [2.24, 2.45) is 5.92 Å². The lowest BCUT2D eigenvalue weighted by atomic mass is 9.79. The minimum absolute atomic E-state index is 0.171. The first-order chi connectivity index (χ1) is 16.0. The molecule has 1 fully saturated rings. The molecule has 1 aliphatic rings. The van der Waals surface area contributed by atoms with Crippen LogP contribution < -0.4 is 4.74 Å². The minimum Gasteiger partial charge on any atom is -0.426 e. The van der Waals surface area contributed by atoms with E-state index in [-0.39, 0.29) is 17.0 Å². The average molecular weight is 499 g/mol. The summed E-state index contributed by atoms with van der Waals surface area (Å²) in [4.78, 5) is 0. The van der Waals surface area contributed by atoms with Crippen molar-refractivity contribution in [3.05, 3.63) is 87.9 Å². The Morgan fingerprint density at radius 1 is 0.794 bits per heavy atom. The van der Waals surface area contributed by atoms with E-state index in [0.717, 1.165) is 61.6 Å². The summed E-state index contributed by atoms with van der Waals surface area (Å²) in [5.74, 6) is -4.20. The summed E-state index contributed by atoms with van der Waals surface area (Å²) >= 11 is 5.42. The zero-order chi connectivity index (χ0) is 24.6. The SMILES string of the molecule is CC1CCC(c2ccc(OC(F)(F)c3ccc(-c4cc(F)c(Cl)c(F)c4)c(F)c3)c(F)c2)CC1. The van der Waals surface area contributed by atoms with Gasteiger partial charge in [0.15, 0.2) is 11.6 Å². The summed E-state index contributed by atoms with van der Waals surface area (Å²) in [5.41, 5.74) is -0.677. The van der Waals surface area contributed by atoms with Crippen molar-refractivity contribution in [2.45, 2.75) is 44.6 Å². The molecule has 0 saturated heterocycles. The highest BCUT2D eigenvalue weighted by molar-refractivity contribution is 6.31. The van der Waals surface area contributed by atoms with E-state index in [9.17, 15) is 26.3 Å². The van der Waals surface area contributed by atoms with Crippen LogP contribution in [0.3, 0.4) is 0 Å². The van der Waals surface area contributed by atoms with Gasteiger partial charge in [0.05, 0.1) is 5.56 Å². The van der Waals surface area contributed by atoms with E-state index in [4.69, 9.17) is 11.6 Å². The van der Waals surface area contributed by atoms with E-state index in [1.54, 1.807) is 6.07 Å². The molecule has 34 heavy (non-hydrogen) atoms. The molecule has 0 unspecified atom stereocenters. The fraction of sp³-hybridized carbons (Fsp3) is 0.308. The molecular weight excluding hydrogens is 478 g/mol. The quantitative estimate of drug-likeness (QED) is 0.252. The molecule has 8 heteroatoms. The molecule has 0 heterocycles. The largest absolute Gasteiger partial charge is 0.426 e. The van der Waals surface area contributed by atoms with E-state index in [2.05, 4.69) is 11.7 Å².